The molecule has 0 saturated heterocycles. The first-order valence-electron chi connectivity index (χ1n) is 8.44. The fourth-order valence-corrected chi connectivity index (χ4v) is 5.76. The van der Waals surface area contributed by atoms with Gasteiger partial charge in [0.15, 0.2) is 3.95 Å². The third kappa shape index (κ3) is 2.45. The molecule has 1 aromatic carbocycles. The Hall–Kier alpha value is -1.17. The molecule has 0 radical (unpaired) electrons. The van der Waals surface area contributed by atoms with Gasteiger partial charge in [-0.3, -0.25) is 9.69 Å². The van der Waals surface area contributed by atoms with Crippen LogP contribution >= 0.6 is 35.2 Å². The molecule has 1 aliphatic carbocycles. The molecule has 2 atom stereocenters. The van der Waals surface area contributed by atoms with Crippen LogP contribution in [-0.2, 0) is 4.79 Å². The van der Waals surface area contributed by atoms with Gasteiger partial charge in [-0.05, 0) is 49.7 Å². The molecule has 6 heteroatoms. The zero-order valence-electron chi connectivity index (χ0n) is 13.5. The summed E-state index contributed by atoms with van der Waals surface area (Å²) in [6.45, 7) is 2.70. The van der Waals surface area contributed by atoms with Gasteiger partial charge in [0.25, 0.3) is 0 Å². The molecule has 24 heavy (non-hydrogen) atoms. The first-order valence-corrected chi connectivity index (χ1v) is 10.0. The van der Waals surface area contributed by atoms with Gasteiger partial charge in [0.2, 0.25) is 5.91 Å². The van der Waals surface area contributed by atoms with E-state index in [1.807, 2.05) is 36.1 Å². The van der Waals surface area contributed by atoms with Gasteiger partial charge in [-0.15, -0.1) is 11.3 Å². The molecule has 0 N–H and O–H groups in total. The molecule has 0 bridgehead atoms. The van der Waals surface area contributed by atoms with Gasteiger partial charge in [-0.2, -0.15) is 0 Å². The lowest BCUT2D eigenvalue weighted by Crippen LogP contribution is -2.47. The number of anilines is 1. The van der Waals surface area contributed by atoms with Crippen LogP contribution in [0.2, 0.25) is 5.02 Å². The Bertz CT molecular complexity index is 857. The van der Waals surface area contributed by atoms with Crippen LogP contribution in [0.25, 0.3) is 10.4 Å². The fraction of sp³-hybridized carbons (Fsp3) is 0.444. The predicted molar refractivity (Wildman–Crippen MR) is 103 cm³/mol. The molecule has 3 nitrogen and oxygen atoms in total. The molecule has 2 aliphatic rings. The van der Waals surface area contributed by atoms with Crippen LogP contribution in [0.4, 0.5) is 5.82 Å². The average Bonchev–Trinajstić information content (AvgIpc) is 2.93. The van der Waals surface area contributed by atoms with Crippen molar-refractivity contribution in [2.75, 3.05) is 11.4 Å². The van der Waals surface area contributed by atoms with Crippen LogP contribution in [0.15, 0.2) is 24.3 Å². The number of thiazole rings is 1. The molecule has 4 rings (SSSR count). The predicted octanol–water partition coefficient (Wildman–Crippen LogP) is 5.70. The van der Waals surface area contributed by atoms with Crippen molar-refractivity contribution in [2.24, 2.45) is 5.92 Å². The molecule has 1 saturated carbocycles. The van der Waals surface area contributed by atoms with E-state index < -0.39 is 0 Å². The van der Waals surface area contributed by atoms with Crippen LogP contribution in [0.1, 0.15) is 38.6 Å². The van der Waals surface area contributed by atoms with Gasteiger partial charge < -0.3 is 4.57 Å². The summed E-state index contributed by atoms with van der Waals surface area (Å²) in [7, 11) is 0. The maximum absolute atomic E-state index is 13.1. The molecule has 1 aromatic heterocycles. The Kier molecular flexibility index (Phi) is 4.27. The van der Waals surface area contributed by atoms with Crippen LogP contribution in [0.3, 0.4) is 0 Å². The Morgan fingerprint density at radius 3 is 2.88 bits per heavy atom. The minimum Gasteiger partial charge on any atom is -0.305 e. The van der Waals surface area contributed by atoms with Crippen LogP contribution in [0.5, 0.6) is 0 Å². The third-order valence-electron chi connectivity index (χ3n) is 5.12. The number of halogens is 1. The molecular formula is C18H19ClN2OS2. The zero-order chi connectivity index (χ0) is 16.8. The Labute approximate surface area is 155 Å². The summed E-state index contributed by atoms with van der Waals surface area (Å²) >= 11 is 13.5. The summed E-state index contributed by atoms with van der Waals surface area (Å²) in [5, 5.41) is 0.700. The fourth-order valence-electron chi connectivity index (χ4n) is 4.06. The average molecular weight is 379 g/mol. The number of carbonyl (C=O) groups excluding carboxylic acids is 1. The molecule has 0 spiro atoms. The van der Waals surface area contributed by atoms with E-state index >= 15 is 0 Å². The SMILES string of the molecule is CCN1C(=O)C2CCCCC2n2c1c(-c1cccc(Cl)c1)sc2=S. The highest BCUT2D eigenvalue weighted by atomic mass is 35.5. The van der Waals surface area contributed by atoms with E-state index in [-0.39, 0.29) is 17.9 Å². The van der Waals surface area contributed by atoms with Crippen molar-refractivity contribution in [1.82, 2.24) is 4.57 Å². The van der Waals surface area contributed by atoms with Crippen molar-refractivity contribution in [3.05, 3.63) is 33.2 Å². The number of rotatable bonds is 2. The first kappa shape index (κ1) is 16.3. The van der Waals surface area contributed by atoms with E-state index in [9.17, 15) is 4.79 Å². The second-order valence-electron chi connectivity index (χ2n) is 6.44. The summed E-state index contributed by atoms with van der Waals surface area (Å²) in [4.78, 5) is 16.1. The molecule has 2 aromatic rings. The normalized spacial score (nSPS) is 23.1. The molecule has 1 fully saturated rings. The van der Waals surface area contributed by atoms with Crippen LogP contribution < -0.4 is 4.90 Å². The summed E-state index contributed by atoms with van der Waals surface area (Å²) in [5.74, 6) is 1.32. The smallest absolute Gasteiger partial charge is 0.233 e. The molecule has 126 valence electrons. The van der Waals surface area contributed by atoms with E-state index in [0.717, 1.165) is 39.5 Å². The Balaban J connectivity index is 1.95. The molecule has 2 unspecified atom stereocenters. The summed E-state index contributed by atoms with van der Waals surface area (Å²) in [5.41, 5.74) is 1.04. The Morgan fingerprint density at radius 2 is 2.12 bits per heavy atom. The highest BCUT2D eigenvalue weighted by Crippen LogP contribution is 2.48. The van der Waals surface area contributed by atoms with Crippen molar-refractivity contribution in [3.63, 3.8) is 0 Å². The highest BCUT2D eigenvalue weighted by molar-refractivity contribution is 7.73. The van der Waals surface area contributed by atoms with Crippen LogP contribution in [0, 0.1) is 9.87 Å². The van der Waals surface area contributed by atoms with E-state index in [2.05, 4.69) is 4.57 Å². The van der Waals surface area contributed by atoms with Crippen molar-refractivity contribution in [2.45, 2.75) is 38.6 Å². The van der Waals surface area contributed by atoms with Gasteiger partial charge >= 0.3 is 0 Å². The van der Waals surface area contributed by atoms with E-state index in [1.54, 1.807) is 11.3 Å². The van der Waals surface area contributed by atoms with E-state index in [0.29, 0.717) is 11.6 Å². The molecule has 1 aliphatic heterocycles. The van der Waals surface area contributed by atoms with Gasteiger partial charge in [0, 0.05) is 17.6 Å². The van der Waals surface area contributed by atoms with Gasteiger partial charge in [0.1, 0.15) is 5.82 Å². The van der Waals surface area contributed by atoms with Crippen LogP contribution in [-0.4, -0.2) is 17.0 Å². The van der Waals surface area contributed by atoms with Crippen molar-refractivity contribution in [1.29, 1.82) is 0 Å². The number of amides is 1. The number of hydrogen-bond donors (Lipinski definition) is 0. The minimum atomic E-state index is 0.0831. The summed E-state index contributed by atoms with van der Waals surface area (Å²) in [6.07, 6.45) is 4.33. The first-order chi connectivity index (χ1) is 11.6. The minimum absolute atomic E-state index is 0.0831. The standard InChI is InChI=1S/C18H19ClN2OS2/c1-2-20-16-15(11-6-5-7-12(19)10-11)24-18(23)21(16)14-9-4-3-8-13(14)17(20)22/h5-7,10,13-14H,2-4,8-9H2,1H3. The number of carbonyl (C=O) groups is 1. The van der Waals surface area contributed by atoms with Crippen molar-refractivity contribution in [3.8, 4) is 10.4 Å². The van der Waals surface area contributed by atoms with Gasteiger partial charge in [0.05, 0.1) is 10.8 Å². The summed E-state index contributed by atoms with van der Waals surface area (Å²) < 4.78 is 3.12. The topological polar surface area (TPSA) is 25.2 Å². The lowest BCUT2D eigenvalue weighted by molar-refractivity contribution is -0.125. The zero-order valence-corrected chi connectivity index (χ0v) is 15.9. The van der Waals surface area contributed by atoms with Crippen molar-refractivity contribution >= 4 is 46.9 Å². The lowest BCUT2D eigenvalue weighted by atomic mass is 9.82. The van der Waals surface area contributed by atoms with E-state index in [1.165, 1.54) is 6.42 Å². The second kappa shape index (κ2) is 6.28. The molecular weight excluding hydrogens is 360 g/mol. The monoisotopic (exact) mass is 378 g/mol. The largest absolute Gasteiger partial charge is 0.305 e. The number of fused-ring (bicyclic) bond motifs is 3. The Morgan fingerprint density at radius 1 is 1.33 bits per heavy atom. The molecule has 2 heterocycles. The number of hydrogen-bond acceptors (Lipinski definition) is 3. The van der Waals surface area contributed by atoms with Crippen molar-refractivity contribution < 1.29 is 4.79 Å². The second-order valence-corrected chi connectivity index (χ2v) is 8.52. The van der Waals surface area contributed by atoms with Gasteiger partial charge in [-0.25, -0.2) is 0 Å². The number of benzene rings is 1. The number of nitrogens with zero attached hydrogens (tertiary/aromatic N) is 2. The van der Waals surface area contributed by atoms with Gasteiger partial charge in [-0.1, -0.05) is 36.6 Å². The number of aromatic nitrogens is 1. The quantitative estimate of drug-likeness (QED) is 0.626. The lowest BCUT2D eigenvalue weighted by Gasteiger charge is -2.41. The molecule has 1 amide bonds. The summed E-state index contributed by atoms with van der Waals surface area (Å²) in [6, 6.07) is 8.03. The highest BCUT2D eigenvalue weighted by Gasteiger charge is 2.43. The van der Waals surface area contributed by atoms with E-state index in [4.69, 9.17) is 23.8 Å². The maximum atomic E-state index is 13.1. The maximum Gasteiger partial charge on any atom is 0.233 e. The third-order valence-corrected chi connectivity index (χ3v) is 6.80.